The Morgan fingerprint density at radius 2 is 1.61 bits per heavy atom. The second-order valence-electron chi connectivity index (χ2n) is 8.70. The lowest BCUT2D eigenvalue weighted by Gasteiger charge is -2.22. The zero-order valence-corrected chi connectivity index (χ0v) is 17.4. The van der Waals surface area contributed by atoms with Crippen LogP contribution in [-0.4, -0.2) is 63.2 Å². The number of benzene rings is 1. The summed E-state index contributed by atoms with van der Waals surface area (Å²) in [6.07, 6.45) is 1.49. The summed E-state index contributed by atoms with van der Waals surface area (Å²) in [5.74, 6) is -0.148. The lowest BCUT2D eigenvalue weighted by atomic mass is 10.1. The van der Waals surface area contributed by atoms with E-state index in [4.69, 9.17) is 0 Å². The van der Waals surface area contributed by atoms with Gasteiger partial charge in [-0.3, -0.25) is 9.59 Å². The summed E-state index contributed by atoms with van der Waals surface area (Å²) in [6, 6.07) is 6.65. The molecule has 1 fully saturated rings. The third kappa shape index (κ3) is 8.35. The van der Waals surface area contributed by atoms with Crippen LogP contribution < -0.4 is 20.4 Å². The molecule has 0 saturated carbocycles. The van der Waals surface area contributed by atoms with Gasteiger partial charge in [-0.25, -0.2) is 4.39 Å². The minimum atomic E-state index is -0.228. The van der Waals surface area contributed by atoms with Gasteiger partial charge in [-0.15, -0.1) is 0 Å². The van der Waals surface area contributed by atoms with Crippen LogP contribution in [-0.2, 0) is 16.0 Å². The first-order valence-corrected chi connectivity index (χ1v) is 10.2. The van der Waals surface area contributed by atoms with E-state index in [1.807, 2.05) is 20.8 Å². The molecule has 0 bridgehead atoms. The number of nitrogens with one attached hydrogen (secondary N) is 4. The van der Waals surface area contributed by atoms with Crippen molar-refractivity contribution in [3.05, 3.63) is 35.6 Å². The maximum absolute atomic E-state index is 13.6. The molecule has 0 spiro atoms. The first-order chi connectivity index (χ1) is 13.2. The van der Waals surface area contributed by atoms with E-state index in [0.717, 1.165) is 32.6 Å². The Bertz CT molecular complexity index is 660. The minimum absolute atomic E-state index is 0.000245. The van der Waals surface area contributed by atoms with E-state index in [0.29, 0.717) is 31.6 Å². The fourth-order valence-electron chi connectivity index (χ4n) is 3.56. The Morgan fingerprint density at radius 1 is 1.00 bits per heavy atom. The van der Waals surface area contributed by atoms with Gasteiger partial charge in [-0.05, 0) is 38.8 Å². The molecule has 1 saturated heterocycles. The second kappa shape index (κ2) is 10.5. The van der Waals surface area contributed by atoms with E-state index in [2.05, 4.69) is 10.6 Å². The molecule has 2 unspecified atom stereocenters. The van der Waals surface area contributed by atoms with Gasteiger partial charge < -0.3 is 20.4 Å². The lowest BCUT2D eigenvalue weighted by Crippen LogP contribution is -3.18. The highest BCUT2D eigenvalue weighted by atomic mass is 19.1. The number of carbonyl (C=O) groups excluding carboxylic acids is 2. The standard InChI is InChI=1S/C21H33FN4O2/c1-21(2,3)24-20(28)16-26-12-6-11-25(13-14-26)15-19(27)23-10-9-17-7-4-5-8-18(17)22/h4-5,7-8H,6,9-16H2,1-3H3,(H,23,27)(H,24,28)/p+2. The van der Waals surface area contributed by atoms with Crippen molar-refractivity contribution in [2.24, 2.45) is 0 Å². The molecule has 1 aliphatic rings. The fraction of sp³-hybridized carbons (Fsp3) is 0.619. The molecule has 156 valence electrons. The minimum Gasteiger partial charge on any atom is -0.351 e. The lowest BCUT2D eigenvalue weighted by molar-refractivity contribution is -0.930. The summed E-state index contributed by atoms with van der Waals surface area (Å²) in [4.78, 5) is 26.9. The predicted molar refractivity (Wildman–Crippen MR) is 107 cm³/mol. The van der Waals surface area contributed by atoms with Gasteiger partial charge in [0.25, 0.3) is 11.8 Å². The SMILES string of the molecule is CC(C)(C)NC(=O)C[NH+]1CCC[NH+](CC(=O)NCCc2ccccc2F)CC1. The quantitative estimate of drug-likeness (QED) is 0.458. The zero-order chi connectivity index (χ0) is 20.6. The molecule has 0 radical (unpaired) electrons. The van der Waals surface area contributed by atoms with Crippen LogP contribution in [0.5, 0.6) is 0 Å². The highest BCUT2D eigenvalue weighted by Crippen LogP contribution is 2.05. The summed E-state index contributed by atoms with van der Waals surface area (Å²) in [6.45, 7) is 11.0. The molecule has 4 N–H and O–H groups in total. The highest BCUT2D eigenvalue weighted by Gasteiger charge is 2.25. The first-order valence-electron chi connectivity index (χ1n) is 10.2. The van der Waals surface area contributed by atoms with Crippen LogP contribution in [0.2, 0.25) is 0 Å². The van der Waals surface area contributed by atoms with Gasteiger partial charge in [0, 0.05) is 18.5 Å². The fourth-order valence-corrected chi connectivity index (χ4v) is 3.56. The Labute approximate surface area is 167 Å². The van der Waals surface area contributed by atoms with Crippen LogP contribution in [0.4, 0.5) is 4.39 Å². The summed E-state index contributed by atoms with van der Waals surface area (Å²) >= 11 is 0. The number of rotatable bonds is 7. The zero-order valence-electron chi connectivity index (χ0n) is 17.4. The number of carbonyl (C=O) groups is 2. The topological polar surface area (TPSA) is 67.1 Å². The van der Waals surface area contributed by atoms with Crippen molar-refractivity contribution in [3.8, 4) is 0 Å². The molecule has 7 heteroatoms. The van der Waals surface area contributed by atoms with Crippen LogP contribution in [0.15, 0.2) is 24.3 Å². The summed E-state index contributed by atoms with van der Waals surface area (Å²) in [5.41, 5.74) is 0.415. The van der Waals surface area contributed by atoms with Gasteiger partial charge >= 0.3 is 0 Å². The maximum Gasteiger partial charge on any atom is 0.275 e. The molecule has 2 amide bonds. The molecule has 6 nitrogen and oxygen atoms in total. The normalized spacial score (nSPS) is 20.3. The number of quaternary nitrogens is 2. The smallest absolute Gasteiger partial charge is 0.275 e. The van der Waals surface area contributed by atoms with Gasteiger partial charge in [-0.2, -0.15) is 0 Å². The van der Waals surface area contributed by atoms with E-state index in [1.54, 1.807) is 18.2 Å². The highest BCUT2D eigenvalue weighted by molar-refractivity contribution is 5.77. The largest absolute Gasteiger partial charge is 0.351 e. The molecule has 1 heterocycles. The molecular weight excluding hydrogens is 359 g/mol. The molecule has 2 rings (SSSR count). The van der Waals surface area contributed by atoms with Crippen molar-refractivity contribution in [1.82, 2.24) is 10.6 Å². The number of halogens is 1. The van der Waals surface area contributed by atoms with Crippen molar-refractivity contribution >= 4 is 11.8 Å². The van der Waals surface area contributed by atoms with Gasteiger partial charge in [0.1, 0.15) is 18.9 Å². The summed E-state index contributed by atoms with van der Waals surface area (Å²) in [5, 5.41) is 5.91. The molecule has 2 atom stereocenters. The Hall–Kier alpha value is -1.99. The average Bonchev–Trinajstić information content (AvgIpc) is 2.80. The van der Waals surface area contributed by atoms with Crippen LogP contribution in [0, 0.1) is 5.82 Å². The molecular formula is C21H35FN4O2+2. The van der Waals surface area contributed by atoms with Crippen LogP contribution in [0.3, 0.4) is 0 Å². The van der Waals surface area contributed by atoms with Crippen molar-refractivity contribution < 1.29 is 23.8 Å². The van der Waals surface area contributed by atoms with Crippen LogP contribution in [0.25, 0.3) is 0 Å². The van der Waals surface area contributed by atoms with E-state index in [-0.39, 0.29) is 23.2 Å². The van der Waals surface area contributed by atoms with Gasteiger partial charge in [0.05, 0.1) is 13.1 Å². The third-order valence-corrected chi connectivity index (χ3v) is 4.90. The van der Waals surface area contributed by atoms with Gasteiger partial charge in [-0.1, -0.05) is 18.2 Å². The maximum atomic E-state index is 13.6. The van der Waals surface area contributed by atoms with Crippen molar-refractivity contribution in [3.63, 3.8) is 0 Å². The Kier molecular flexibility index (Phi) is 8.38. The molecule has 1 aliphatic heterocycles. The number of amides is 2. The molecule has 28 heavy (non-hydrogen) atoms. The summed E-state index contributed by atoms with van der Waals surface area (Å²) in [7, 11) is 0. The monoisotopic (exact) mass is 394 g/mol. The predicted octanol–water partition coefficient (Wildman–Crippen LogP) is -1.43. The Balaban J connectivity index is 1.68. The van der Waals surface area contributed by atoms with E-state index in [9.17, 15) is 14.0 Å². The molecule has 0 aromatic heterocycles. The van der Waals surface area contributed by atoms with E-state index in [1.165, 1.54) is 15.9 Å². The molecule has 0 aliphatic carbocycles. The van der Waals surface area contributed by atoms with Gasteiger partial charge in [0.2, 0.25) is 0 Å². The average molecular weight is 395 g/mol. The van der Waals surface area contributed by atoms with Crippen LogP contribution in [0.1, 0.15) is 32.8 Å². The second-order valence-corrected chi connectivity index (χ2v) is 8.70. The number of hydrogen-bond donors (Lipinski definition) is 4. The summed E-state index contributed by atoms with van der Waals surface area (Å²) < 4.78 is 13.6. The van der Waals surface area contributed by atoms with Crippen molar-refractivity contribution in [1.29, 1.82) is 0 Å². The first kappa shape index (κ1) is 22.3. The molecule has 1 aromatic rings. The van der Waals surface area contributed by atoms with E-state index >= 15 is 0 Å². The number of hydrogen-bond acceptors (Lipinski definition) is 2. The Morgan fingerprint density at radius 3 is 2.21 bits per heavy atom. The van der Waals surface area contributed by atoms with E-state index < -0.39 is 0 Å². The van der Waals surface area contributed by atoms with Crippen molar-refractivity contribution in [2.75, 3.05) is 45.8 Å². The molecule has 1 aromatic carbocycles. The van der Waals surface area contributed by atoms with Gasteiger partial charge in [0.15, 0.2) is 13.1 Å². The van der Waals surface area contributed by atoms with Crippen LogP contribution >= 0.6 is 0 Å². The third-order valence-electron chi connectivity index (χ3n) is 4.90. The van der Waals surface area contributed by atoms with Crippen molar-refractivity contribution in [2.45, 2.75) is 39.2 Å².